The van der Waals surface area contributed by atoms with E-state index in [9.17, 15) is 9.90 Å². The van der Waals surface area contributed by atoms with Gasteiger partial charge in [-0.05, 0) is 19.0 Å². The summed E-state index contributed by atoms with van der Waals surface area (Å²) in [5, 5.41) is 13.3. The molecule has 0 aliphatic carbocycles. The summed E-state index contributed by atoms with van der Waals surface area (Å²) in [5.74, 6) is -0.873. The number of H-pyrrole nitrogens is 1. The molecule has 0 fully saturated rings. The van der Waals surface area contributed by atoms with E-state index in [4.69, 9.17) is 4.74 Å². The molecule has 0 aliphatic heterocycles. The van der Waals surface area contributed by atoms with Gasteiger partial charge in [-0.3, -0.25) is 4.79 Å². The molecular weight excluding hydrogens is 244 g/mol. The van der Waals surface area contributed by atoms with E-state index < -0.39 is 12.0 Å². The highest BCUT2D eigenvalue weighted by Gasteiger charge is 2.21. The summed E-state index contributed by atoms with van der Waals surface area (Å²) in [5.41, 5.74) is 1.71. The standard InChI is InChI=1S/C14H18N2O3/c1-19-8-4-7-15-13(14(17)18)11-9-16-12-6-3-2-5-10(11)12/h2-3,5-6,9,13,15-16H,4,7-8H2,1H3,(H,17,18). The number of hydrogen-bond donors (Lipinski definition) is 3. The zero-order valence-corrected chi connectivity index (χ0v) is 10.8. The van der Waals surface area contributed by atoms with Crippen LogP contribution in [0, 0.1) is 0 Å². The fourth-order valence-electron chi connectivity index (χ4n) is 2.13. The van der Waals surface area contributed by atoms with Crippen molar-refractivity contribution in [1.82, 2.24) is 10.3 Å². The van der Waals surface area contributed by atoms with E-state index in [2.05, 4.69) is 10.3 Å². The van der Waals surface area contributed by atoms with E-state index in [-0.39, 0.29) is 0 Å². The Bertz CT molecular complexity index is 550. The molecule has 1 unspecified atom stereocenters. The number of rotatable bonds is 7. The first-order valence-corrected chi connectivity index (χ1v) is 6.25. The van der Waals surface area contributed by atoms with Gasteiger partial charge in [-0.25, -0.2) is 0 Å². The molecule has 5 nitrogen and oxygen atoms in total. The number of para-hydroxylation sites is 1. The van der Waals surface area contributed by atoms with Crippen LogP contribution in [0.4, 0.5) is 0 Å². The lowest BCUT2D eigenvalue weighted by Crippen LogP contribution is -2.29. The lowest BCUT2D eigenvalue weighted by Gasteiger charge is -2.13. The fourth-order valence-corrected chi connectivity index (χ4v) is 2.13. The van der Waals surface area contributed by atoms with Crippen molar-refractivity contribution in [3.63, 3.8) is 0 Å². The number of carboxylic acid groups (broad SMARTS) is 1. The van der Waals surface area contributed by atoms with Crippen LogP contribution in [0.3, 0.4) is 0 Å². The molecule has 19 heavy (non-hydrogen) atoms. The molecule has 102 valence electrons. The van der Waals surface area contributed by atoms with Crippen molar-refractivity contribution in [1.29, 1.82) is 0 Å². The average Bonchev–Trinajstić information content (AvgIpc) is 2.82. The maximum atomic E-state index is 11.4. The molecule has 0 saturated carbocycles. The van der Waals surface area contributed by atoms with Crippen molar-refractivity contribution >= 4 is 16.9 Å². The van der Waals surface area contributed by atoms with Crippen molar-refractivity contribution in [2.24, 2.45) is 0 Å². The van der Waals surface area contributed by atoms with Gasteiger partial charge >= 0.3 is 5.97 Å². The van der Waals surface area contributed by atoms with Crippen molar-refractivity contribution in [3.05, 3.63) is 36.0 Å². The smallest absolute Gasteiger partial charge is 0.325 e. The summed E-state index contributed by atoms with van der Waals surface area (Å²) in [6.45, 7) is 1.22. The first-order valence-electron chi connectivity index (χ1n) is 6.25. The summed E-state index contributed by atoms with van der Waals surface area (Å²) in [4.78, 5) is 14.5. The molecule has 0 saturated heterocycles. The minimum absolute atomic E-state index is 0.602. The van der Waals surface area contributed by atoms with Gasteiger partial charge in [0.05, 0.1) is 0 Å². The molecule has 0 amide bonds. The Morgan fingerprint density at radius 3 is 3.00 bits per heavy atom. The van der Waals surface area contributed by atoms with Crippen molar-refractivity contribution < 1.29 is 14.6 Å². The SMILES string of the molecule is COCCCNC(C(=O)O)c1c[nH]c2ccccc12. The van der Waals surface area contributed by atoms with Gasteiger partial charge in [-0.1, -0.05) is 18.2 Å². The van der Waals surface area contributed by atoms with Gasteiger partial charge in [-0.15, -0.1) is 0 Å². The molecule has 1 aromatic carbocycles. The fraction of sp³-hybridized carbons (Fsp3) is 0.357. The summed E-state index contributed by atoms with van der Waals surface area (Å²) in [7, 11) is 1.63. The normalized spacial score (nSPS) is 12.7. The second-order valence-electron chi connectivity index (χ2n) is 4.36. The van der Waals surface area contributed by atoms with E-state index in [0.717, 1.165) is 22.9 Å². The van der Waals surface area contributed by atoms with Crippen molar-refractivity contribution in [2.75, 3.05) is 20.3 Å². The molecule has 1 atom stereocenters. The molecular formula is C14H18N2O3. The van der Waals surface area contributed by atoms with Gasteiger partial charge in [0.15, 0.2) is 0 Å². The number of carboxylic acids is 1. The molecule has 3 N–H and O–H groups in total. The molecule has 0 spiro atoms. The molecule has 0 bridgehead atoms. The number of ether oxygens (including phenoxy) is 1. The second-order valence-corrected chi connectivity index (χ2v) is 4.36. The number of hydrogen-bond acceptors (Lipinski definition) is 3. The number of aliphatic carboxylic acids is 1. The number of aromatic nitrogens is 1. The Kier molecular flexibility index (Phi) is 4.54. The minimum atomic E-state index is -0.873. The highest BCUT2D eigenvalue weighted by Crippen LogP contribution is 2.24. The number of fused-ring (bicyclic) bond motifs is 1. The van der Waals surface area contributed by atoms with Crippen molar-refractivity contribution in [2.45, 2.75) is 12.5 Å². The lowest BCUT2D eigenvalue weighted by atomic mass is 10.1. The van der Waals surface area contributed by atoms with Gasteiger partial charge in [-0.2, -0.15) is 0 Å². The molecule has 0 radical (unpaired) electrons. The van der Waals surface area contributed by atoms with Gasteiger partial charge in [0.25, 0.3) is 0 Å². The molecule has 5 heteroatoms. The summed E-state index contributed by atoms with van der Waals surface area (Å²) in [6.07, 6.45) is 2.54. The number of methoxy groups -OCH3 is 1. The number of benzene rings is 1. The Morgan fingerprint density at radius 1 is 1.47 bits per heavy atom. The van der Waals surface area contributed by atoms with Gasteiger partial charge < -0.3 is 20.1 Å². The first kappa shape index (κ1) is 13.6. The summed E-state index contributed by atoms with van der Waals surface area (Å²) in [6, 6.07) is 6.98. The van der Waals surface area contributed by atoms with Crippen LogP contribution in [0.5, 0.6) is 0 Å². The second kappa shape index (κ2) is 6.36. The van der Waals surface area contributed by atoms with Gasteiger partial charge in [0.1, 0.15) is 6.04 Å². The monoisotopic (exact) mass is 262 g/mol. The quantitative estimate of drug-likeness (QED) is 0.666. The molecule has 2 rings (SSSR count). The third kappa shape index (κ3) is 3.13. The highest BCUT2D eigenvalue weighted by atomic mass is 16.5. The van der Waals surface area contributed by atoms with Crippen LogP contribution in [-0.4, -0.2) is 36.3 Å². The Hall–Kier alpha value is -1.85. The number of nitrogens with one attached hydrogen (secondary N) is 2. The summed E-state index contributed by atoms with van der Waals surface area (Å²) < 4.78 is 4.95. The zero-order valence-electron chi connectivity index (χ0n) is 10.8. The third-order valence-corrected chi connectivity index (χ3v) is 3.05. The first-order chi connectivity index (χ1) is 9.24. The molecule has 1 aromatic heterocycles. The van der Waals surface area contributed by atoms with Crippen LogP contribution in [0.2, 0.25) is 0 Å². The predicted octanol–water partition coefficient (Wildman–Crippen LogP) is 1.92. The average molecular weight is 262 g/mol. The van der Waals surface area contributed by atoms with Crippen molar-refractivity contribution in [3.8, 4) is 0 Å². The van der Waals surface area contributed by atoms with Gasteiger partial charge in [0, 0.05) is 36.4 Å². The van der Waals surface area contributed by atoms with Crippen LogP contribution >= 0.6 is 0 Å². The van der Waals surface area contributed by atoms with Crippen LogP contribution in [-0.2, 0) is 9.53 Å². The van der Waals surface area contributed by atoms with Crippen LogP contribution in [0.15, 0.2) is 30.5 Å². The van der Waals surface area contributed by atoms with Crippen LogP contribution < -0.4 is 5.32 Å². The van der Waals surface area contributed by atoms with E-state index in [0.29, 0.717) is 13.2 Å². The third-order valence-electron chi connectivity index (χ3n) is 3.05. The van der Waals surface area contributed by atoms with E-state index >= 15 is 0 Å². The Labute approximate surface area is 111 Å². The van der Waals surface area contributed by atoms with E-state index in [1.165, 1.54) is 0 Å². The van der Waals surface area contributed by atoms with Crippen LogP contribution in [0.1, 0.15) is 18.0 Å². The molecule has 2 aromatic rings. The topological polar surface area (TPSA) is 74.3 Å². The maximum absolute atomic E-state index is 11.4. The molecule has 0 aliphatic rings. The Balaban J connectivity index is 2.16. The largest absolute Gasteiger partial charge is 0.480 e. The minimum Gasteiger partial charge on any atom is -0.480 e. The Morgan fingerprint density at radius 2 is 2.26 bits per heavy atom. The van der Waals surface area contributed by atoms with Crippen LogP contribution in [0.25, 0.3) is 10.9 Å². The van der Waals surface area contributed by atoms with Gasteiger partial charge in [0.2, 0.25) is 0 Å². The predicted molar refractivity (Wildman–Crippen MR) is 73.2 cm³/mol. The molecule has 1 heterocycles. The maximum Gasteiger partial charge on any atom is 0.325 e. The van der Waals surface area contributed by atoms with E-state index in [1.807, 2.05) is 24.3 Å². The zero-order chi connectivity index (χ0) is 13.7. The number of aromatic amines is 1. The summed E-state index contributed by atoms with van der Waals surface area (Å²) >= 11 is 0. The highest BCUT2D eigenvalue weighted by molar-refractivity contribution is 5.89. The number of carbonyl (C=O) groups is 1. The van der Waals surface area contributed by atoms with E-state index in [1.54, 1.807) is 13.3 Å². The lowest BCUT2D eigenvalue weighted by molar-refractivity contribution is -0.139.